The van der Waals surface area contributed by atoms with Crippen molar-refractivity contribution in [3.05, 3.63) is 56.7 Å². The number of anilines is 1. The minimum atomic E-state index is -0.956. The second-order valence-corrected chi connectivity index (χ2v) is 6.36. The second-order valence-electron chi connectivity index (χ2n) is 4.54. The average molecular weight is 370 g/mol. The van der Waals surface area contributed by atoms with Gasteiger partial charge in [0.05, 0.1) is 10.7 Å². The van der Waals surface area contributed by atoms with Crippen LogP contribution < -0.4 is 5.32 Å². The van der Waals surface area contributed by atoms with E-state index in [0.29, 0.717) is 15.7 Å². The van der Waals surface area contributed by atoms with E-state index in [1.54, 1.807) is 18.2 Å². The highest BCUT2D eigenvalue weighted by Crippen LogP contribution is 2.25. The average Bonchev–Trinajstić information content (AvgIpc) is 3.01. The SMILES string of the molecule is C[C@H](OC(=O)/C=C/c1cccs1)C(=O)Nc1ccc(Cl)cc1Cl. The van der Waals surface area contributed by atoms with Gasteiger partial charge in [-0.15, -0.1) is 11.3 Å². The van der Waals surface area contributed by atoms with Crippen molar-refractivity contribution in [2.24, 2.45) is 0 Å². The molecule has 2 aromatic rings. The van der Waals surface area contributed by atoms with Crippen LogP contribution in [0.3, 0.4) is 0 Å². The van der Waals surface area contributed by atoms with E-state index in [1.807, 2.05) is 17.5 Å². The number of halogens is 2. The zero-order valence-electron chi connectivity index (χ0n) is 12.1. The molecule has 0 aliphatic heterocycles. The smallest absolute Gasteiger partial charge is 0.331 e. The number of nitrogens with one attached hydrogen (secondary N) is 1. The van der Waals surface area contributed by atoms with Crippen molar-refractivity contribution in [1.29, 1.82) is 0 Å². The molecule has 0 bridgehead atoms. The zero-order chi connectivity index (χ0) is 16.8. The lowest BCUT2D eigenvalue weighted by Crippen LogP contribution is -2.29. The number of thiophene rings is 1. The number of carbonyl (C=O) groups excluding carboxylic acids is 2. The molecule has 0 aliphatic rings. The topological polar surface area (TPSA) is 55.4 Å². The van der Waals surface area contributed by atoms with Gasteiger partial charge in [-0.3, -0.25) is 4.79 Å². The fourth-order valence-electron chi connectivity index (χ4n) is 1.63. The first-order valence-corrected chi connectivity index (χ1v) is 8.27. The van der Waals surface area contributed by atoms with E-state index in [0.717, 1.165) is 4.88 Å². The maximum Gasteiger partial charge on any atom is 0.331 e. The monoisotopic (exact) mass is 369 g/mol. The van der Waals surface area contributed by atoms with Crippen LogP contribution in [-0.4, -0.2) is 18.0 Å². The van der Waals surface area contributed by atoms with Crippen LogP contribution in [0.2, 0.25) is 10.0 Å². The Balaban J connectivity index is 1.90. The second kappa shape index (κ2) is 8.15. The number of benzene rings is 1. The minimum absolute atomic E-state index is 0.307. The minimum Gasteiger partial charge on any atom is -0.449 e. The lowest BCUT2D eigenvalue weighted by atomic mass is 10.3. The third-order valence-corrected chi connectivity index (χ3v) is 4.16. The fraction of sp³-hybridized carbons (Fsp3) is 0.125. The maximum atomic E-state index is 12.0. The third kappa shape index (κ3) is 5.39. The number of ether oxygens (including phenoxy) is 1. The summed E-state index contributed by atoms with van der Waals surface area (Å²) in [6.07, 6.45) is 1.96. The molecule has 1 atom stereocenters. The highest BCUT2D eigenvalue weighted by molar-refractivity contribution is 7.10. The molecular formula is C16H13Cl2NO3S. The fourth-order valence-corrected chi connectivity index (χ4v) is 2.70. The Kier molecular flexibility index (Phi) is 6.21. The number of esters is 1. The first-order chi connectivity index (χ1) is 11.0. The van der Waals surface area contributed by atoms with Gasteiger partial charge >= 0.3 is 5.97 Å². The number of hydrogen-bond donors (Lipinski definition) is 1. The van der Waals surface area contributed by atoms with E-state index in [4.69, 9.17) is 27.9 Å². The van der Waals surface area contributed by atoms with E-state index in [-0.39, 0.29) is 0 Å². The Labute approximate surface area is 147 Å². The molecule has 1 N–H and O–H groups in total. The molecule has 1 amide bonds. The van der Waals surface area contributed by atoms with Gasteiger partial charge in [0.15, 0.2) is 6.10 Å². The molecule has 2 rings (SSSR count). The molecule has 1 aromatic heterocycles. The number of rotatable bonds is 5. The van der Waals surface area contributed by atoms with Gasteiger partial charge in [-0.25, -0.2) is 4.79 Å². The molecule has 7 heteroatoms. The van der Waals surface area contributed by atoms with Crippen molar-refractivity contribution in [3.8, 4) is 0 Å². The Morgan fingerprint density at radius 1 is 1.30 bits per heavy atom. The lowest BCUT2D eigenvalue weighted by Gasteiger charge is -2.13. The summed E-state index contributed by atoms with van der Waals surface area (Å²) < 4.78 is 5.04. The van der Waals surface area contributed by atoms with Gasteiger partial charge in [0.1, 0.15) is 0 Å². The summed E-state index contributed by atoms with van der Waals surface area (Å²) in [6, 6.07) is 8.44. The van der Waals surface area contributed by atoms with Gasteiger partial charge < -0.3 is 10.1 Å². The van der Waals surface area contributed by atoms with Gasteiger partial charge in [-0.1, -0.05) is 29.3 Å². The molecule has 0 fully saturated rings. The van der Waals surface area contributed by atoms with Crippen molar-refractivity contribution in [2.75, 3.05) is 5.32 Å². The summed E-state index contributed by atoms with van der Waals surface area (Å²) in [7, 11) is 0. The highest BCUT2D eigenvalue weighted by atomic mass is 35.5. The Bertz CT molecular complexity index is 729. The van der Waals surface area contributed by atoms with Crippen LogP contribution in [0.4, 0.5) is 5.69 Å². The Morgan fingerprint density at radius 3 is 2.74 bits per heavy atom. The van der Waals surface area contributed by atoms with E-state index < -0.39 is 18.0 Å². The van der Waals surface area contributed by atoms with Crippen LogP contribution in [-0.2, 0) is 14.3 Å². The molecule has 1 heterocycles. The van der Waals surface area contributed by atoms with Crippen LogP contribution in [0.1, 0.15) is 11.8 Å². The molecular weight excluding hydrogens is 357 g/mol. The van der Waals surface area contributed by atoms with Crippen molar-refractivity contribution in [1.82, 2.24) is 0 Å². The molecule has 0 spiro atoms. The zero-order valence-corrected chi connectivity index (χ0v) is 14.4. The van der Waals surface area contributed by atoms with Gasteiger partial charge in [0, 0.05) is 16.0 Å². The molecule has 23 heavy (non-hydrogen) atoms. The molecule has 0 saturated carbocycles. The number of hydrogen-bond acceptors (Lipinski definition) is 4. The van der Waals surface area contributed by atoms with E-state index in [9.17, 15) is 9.59 Å². The summed E-state index contributed by atoms with van der Waals surface area (Å²) in [5.41, 5.74) is 0.401. The predicted molar refractivity (Wildman–Crippen MR) is 94.0 cm³/mol. The molecule has 0 aliphatic carbocycles. The van der Waals surface area contributed by atoms with Gasteiger partial charge in [-0.05, 0) is 42.6 Å². The van der Waals surface area contributed by atoms with Crippen molar-refractivity contribution in [3.63, 3.8) is 0 Å². The van der Waals surface area contributed by atoms with Crippen molar-refractivity contribution in [2.45, 2.75) is 13.0 Å². The largest absolute Gasteiger partial charge is 0.449 e. The lowest BCUT2D eigenvalue weighted by molar-refractivity contribution is -0.148. The summed E-state index contributed by atoms with van der Waals surface area (Å²) in [5.74, 6) is -1.07. The van der Waals surface area contributed by atoms with Crippen LogP contribution in [0.25, 0.3) is 6.08 Å². The molecule has 0 saturated heterocycles. The van der Waals surface area contributed by atoms with Crippen LogP contribution in [0.5, 0.6) is 0 Å². The summed E-state index contributed by atoms with van der Waals surface area (Å²) >= 11 is 13.3. The number of amides is 1. The molecule has 0 unspecified atom stereocenters. The summed E-state index contributed by atoms with van der Waals surface area (Å²) in [5, 5.41) is 5.25. The van der Waals surface area contributed by atoms with Crippen LogP contribution in [0, 0.1) is 0 Å². The normalized spacial score (nSPS) is 12.1. The summed E-state index contributed by atoms with van der Waals surface area (Å²) in [6.45, 7) is 1.48. The molecule has 4 nitrogen and oxygen atoms in total. The van der Waals surface area contributed by atoms with Gasteiger partial charge in [0.25, 0.3) is 5.91 Å². The Hall–Kier alpha value is -1.82. The summed E-state index contributed by atoms with van der Waals surface area (Å²) in [4.78, 5) is 24.6. The van der Waals surface area contributed by atoms with E-state index in [1.165, 1.54) is 30.4 Å². The molecule has 0 radical (unpaired) electrons. The van der Waals surface area contributed by atoms with E-state index >= 15 is 0 Å². The van der Waals surface area contributed by atoms with Crippen molar-refractivity contribution >= 4 is 58.2 Å². The predicted octanol–water partition coefficient (Wildman–Crippen LogP) is 4.64. The van der Waals surface area contributed by atoms with Crippen molar-refractivity contribution < 1.29 is 14.3 Å². The first-order valence-electron chi connectivity index (χ1n) is 6.64. The number of carbonyl (C=O) groups is 2. The highest BCUT2D eigenvalue weighted by Gasteiger charge is 2.17. The van der Waals surface area contributed by atoms with Gasteiger partial charge in [0.2, 0.25) is 0 Å². The van der Waals surface area contributed by atoms with E-state index in [2.05, 4.69) is 5.32 Å². The molecule has 1 aromatic carbocycles. The standard InChI is InChI=1S/C16H13Cl2NO3S/c1-10(22-15(20)7-5-12-3-2-8-23-12)16(21)19-14-6-4-11(17)9-13(14)18/h2-10H,1H3,(H,19,21)/b7-5+/t10-/m0/s1. The first kappa shape index (κ1) is 17.5. The maximum absolute atomic E-state index is 12.0. The van der Waals surface area contributed by atoms with Crippen LogP contribution in [0.15, 0.2) is 41.8 Å². The molecule has 120 valence electrons. The van der Waals surface area contributed by atoms with Gasteiger partial charge in [-0.2, -0.15) is 0 Å². The Morgan fingerprint density at radius 2 is 2.09 bits per heavy atom. The third-order valence-electron chi connectivity index (χ3n) is 2.78. The van der Waals surface area contributed by atoms with Crippen LogP contribution >= 0.6 is 34.5 Å². The quantitative estimate of drug-likeness (QED) is 0.616.